The van der Waals surface area contributed by atoms with Crippen molar-refractivity contribution in [1.82, 2.24) is 0 Å². The predicted octanol–water partition coefficient (Wildman–Crippen LogP) is -2.30. The Morgan fingerprint density at radius 3 is 1.71 bits per heavy atom. The number of hydrogen-bond acceptors (Lipinski definition) is 13. The quantitative estimate of drug-likeness (QED) is 0.195. The summed E-state index contributed by atoms with van der Waals surface area (Å²) >= 11 is 0. The van der Waals surface area contributed by atoms with Crippen LogP contribution in [0.25, 0.3) is 16.8 Å². The molecule has 0 aromatic heterocycles. The normalized spacial score (nSPS) is 36.9. The van der Waals surface area contributed by atoms with Crippen LogP contribution >= 0.6 is 0 Å². The van der Waals surface area contributed by atoms with Crippen LogP contribution in [0.1, 0.15) is 11.1 Å². The summed E-state index contributed by atoms with van der Waals surface area (Å²) in [6.45, 7) is -1.25. The van der Waals surface area contributed by atoms with Crippen LogP contribution in [0.3, 0.4) is 0 Å². The van der Waals surface area contributed by atoms with Crippen LogP contribution in [-0.4, -0.2) is 115 Å². The molecule has 5 rings (SSSR count). The summed E-state index contributed by atoms with van der Waals surface area (Å²) < 4.78 is 28.7. The molecule has 13 nitrogen and oxygen atoms in total. The van der Waals surface area contributed by atoms with Gasteiger partial charge in [-0.1, -0.05) is 24.3 Å². The number of rotatable bonds is 6. The molecule has 0 aliphatic carbocycles. The van der Waals surface area contributed by atoms with Crippen molar-refractivity contribution in [2.75, 3.05) is 13.2 Å². The molecule has 2 aromatic rings. The molecular formula is C25H30O13. The van der Waals surface area contributed by atoms with Gasteiger partial charge < -0.3 is 64.5 Å². The third kappa shape index (κ3) is 4.60. The van der Waals surface area contributed by atoms with E-state index in [1.165, 1.54) is 6.26 Å². The fourth-order valence-corrected chi connectivity index (χ4v) is 4.84. The van der Waals surface area contributed by atoms with Crippen LogP contribution in [-0.2, 0) is 20.8 Å². The minimum Gasteiger partial charge on any atom is -0.496 e. The van der Waals surface area contributed by atoms with Gasteiger partial charge in [-0.2, -0.15) is 0 Å². The molecule has 0 amide bonds. The highest BCUT2D eigenvalue weighted by Gasteiger charge is 2.47. The maximum Gasteiger partial charge on any atom is 0.229 e. The third-order valence-electron chi connectivity index (χ3n) is 6.98. The first-order valence-corrected chi connectivity index (χ1v) is 12.1. The van der Waals surface area contributed by atoms with Gasteiger partial charge in [-0.3, -0.25) is 0 Å². The fraction of sp³-hybridized carbons (Fsp3) is 0.520. The molecule has 3 aliphatic heterocycles. The van der Waals surface area contributed by atoms with Crippen molar-refractivity contribution in [3.63, 3.8) is 0 Å². The molecule has 8 N–H and O–H groups in total. The lowest BCUT2D eigenvalue weighted by Gasteiger charge is -2.41. The topological polar surface area (TPSA) is 208 Å². The number of hydrogen-bond donors (Lipinski definition) is 8. The zero-order chi connectivity index (χ0) is 27.1. The number of aliphatic hydroxyl groups is 8. The van der Waals surface area contributed by atoms with Crippen molar-refractivity contribution in [2.24, 2.45) is 0 Å². The molecule has 13 heteroatoms. The summed E-state index contributed by atoms with van der Waals surface area (Å²) in [5, 5.41) is 81.7. The fourth-order valence-electron chi connectivity index (χ4n) is 4.84. The predicted molar refractivity (Wildman–Crippen MR) is 127 cm³/mol. The molecule has 10 atom stereocenters. The maximum atomic E-state index is 10.5. The molecule has 0 spiro atoms. The van der Waals surface area contributed by atoms with Gasteiger partial charge in [0.15, 0.2) is 0 Å². The van der Waals surface area contributed by atoms with E-state index >= 15 is 0 Å². The van der Waals surface area contributed by atoms with Crippen LogP contribution < -0.4 is 9.47 Å². The molecular weight excluding hydrogens is 508 g/mol. The Bertz CT molecular complexity index is 1170. The van der Waals surface area contributed by atoms with Crippen LogP contribution in [0.15, 0.2) is 30.5 Å². The van der Waals surface area contributed by atoms with Crippen LogP contribution in [0.5, 0.6) is 11.5 Å². The lowest BCUT2D eigenvalue weighted by molar-refractivity contribution is -0.277. The molecule has 208 valence electrons. The Morgan fingerprint density at radius 1 is 0.684 bits per heavy atom. The van der Waals surface area contributed by atoms with Crippen molar-refractivity contribution in [2.45, 2.75) is 68.0 Å². The molecule has 0 unspecified atom stereocenters. The molecule has 3 heterocycles. The zero-order valence-corrected chi connectivity index (χ0v) is 20.0. The smallest absolute Gasteiger partial charge is 0.229 e. The highest BCUT2D eigenvalue weighted by molar-refractivity contribution is 5.98. The van der Waals surface area contributed by atoms with E-state index in [1.54, 1.807) is 30.3 Å². The van der Waals surface area contributed by atoms with Crippen LogP contribution in [0.4, 0.5) is 0 Å². The van der Waals surface area contributed by atoms with E-state index in [2.05, 4.69) is 0 Å². The number of aliphatic hydroxyl groups excluding tert-OH is 8. The Balaban J connectivity index is 1.56. The minimum atomic E-state index is -1.65. The lowest BCUT2D eigenvalue weighted by atomic mass is 9.96. The standard InChI is InChI=1S/C25H30O13/c26-7-14-16(28)18(30)20(32)24(35-14)37-22-10-3-1-2-4-11(10)23(13-9-34-6-5-12(13)22)38-25-21(33)19(31)17(29)15(8-27)36-25/h1-6,14-21,24-33H,7-9H2/t14-,15-,16-,17-,18+,19+,20-,21-,24+,25+/m1/s1. The molecule has 2 fully saturated rings. The molecule has 3 aliphatic rings. The van der Waals surface area contributed by atoms with E-state index in [9.17, 15) is 40.9 Å². The van der Waals surface area contributed by atoms with E-state index in [-0.39, 0.29) is 18.1 Å². The van der Waals surface area contributed by atoms with Crippen LogP contribution in [0.2, 0.25) is 0 Å². The van der Waals surface area contributed by atoms with Gasteiger partial charge >= 0.3 is 0 Å². The Kier molecular flexibility index (Phi) is 7.75. The largest absolute Gasteiger partial charge is 0.496 e. The van der Waals surface area contributed by atoms with Gasteiger partial charge in [0.05, 0.1) is 19.5 Å². The molecule has 2 saturated heterocycles. The SMILES string of the molecule is OC[C@H]1O[C@@H](Oc2c3c(c(O[C@@H]4O[C@H](CO)[C@@H](O)[C@H](O)[C@H]4O)c4ccccc24)COC=C3)[C@H](O)[C@@H](O)[C@@H]1O. The van der Waals surface area contributed by atoms with Crippen molar-refractivity contribution in [3.05, 3.63) is 41.7 Å². The second-order valence-electron chi connectivity index (χ2n) is 9.34. The summed E-state index contributed by atoms with van der Waals surface area (Å²) in [7, 11) is 0. The van der Waals surface area contributed by atoms with Crippen molar-refractivity contribution in [3.8, 4) is 11.5 Å². The molecule has 0 bridgehead atoms. The van der Waals surface area contributed by atoms with Gasteiger partial charge in [-0.25, -0.2) is 0 Å². The summed E-state index contributed by atoms with van der Waals surface area (Å²) in [6.07, 6.45) is -11.9. The van der Waals surface area contributed by atoms with Crippen molar-refractivity contribution < 1.29 is 64.5 Å². The summed E-state index contributed by atoms with van der Waals surface area (Å²) in [5.74, 6) is 0.436. The molecule has 38 heavy (non-hydrogen) atoms. The monoisotopic (exact) mass is 538 g/mol. The molecule has 0 radical (unpaired) electrons. The van der Waals surface area contributed by atoms with Gasteiger partial charge in [0, 0.05) is 21.9 Å². The average molecular weight is 539 g/mol. The van der Waals surface area contributed by atoms with E-state index in [4.69, 9.17) is 23.7 Å². The average Bonchev–Trinajstić information content (AvgIpc) is 2.94. The van der Waals surface area contributed by atoms with E-state index in [1.807, 2.05) is 0 Å². The minimum absolute atomic E-state index is 0.00549. The maximum absolute atomic E-state index is 10.5. The first kappa shape index (κ1) is 27.0. The zero-order valence-electron chi connectivity index (χ0n) is 20.0. The third-order valence-corrected chi connectivity index (χ3v) is 6.98. The Morgan fingerprint density at radius 2 is 1.18 bits per heavy atom. The van der Waals surface area contributed by atoms with Gasteiger partial charge in [0.2, 0.25) is 12.6 Å². The van der Waals surface area contributed by atoms with Crippen molar-refractivity contribution >= 4 is 16.8 Å². The highest BCUT2D eigenvalue weighted by Crippen LogP contribution is 2.45. The number of ether oxygens (including phenoxy) is 5. The summed E-state index contributed by atoms with van der Waals surface area (Å²) in [4.78, 5) is 0. The summed E-state index contributed by atoms with van der Waals surface area (Å²) in [6, 6.07) is 6.81. The van der Waals surface area contributed by atoms with E-state index in [0.29, 0.717) is 21.9 Å². The van der Waals surface area contributed by atoms with Gasteiger partial charge in [0.25, 0.3) is 0 Å². The van der Waals surface area contributed by atoms with Crippen LogP contribution in [0, 0.1) is 0 Å². The second-order valence-corrected chi connectivity index (χ2v) is 9.34. The van der Waals surface area contributed by atoms with Gasteiger partial charge in [-0.05, 0) is 6.08 Å². The first-order chi connectivity index (χ1) is 18.3. The molecule has 2 aromatic carbocycles. The lowest BCUT2D eigenvalue weighted by Crippen LogP contribution is -2.60. The summed E-state index contributed by atoms with van der Waals surface area (Å²) in [5.41, 5.74) is 0.897. The van der Waals surface area contributed by atoms with Gasteiger partial charge in [-0.15, -0.1) is 0 Å². The Labute approximate surface area is 216 Å². The number of benzene rings is 2. The molecule has 0 saturated carbocycles. The second kappa shape index (κ2) is 10.9. The van der Waals surface area contributed by atoms with E-state index in [0.717, 1.165) is 0 Å². The van der Waals surface area contributed by atoms with E-state index < -0.39 is 74.6 Å². The van der Waals surface area contributed by atoms with Crippen molar-refractivity contribution in [1.29, 1.82) is 0 Å². The van der Waals surface area contributed by atoms with Gasteiger partial charge in [0.1, 0.15) is 66.9 Å². The number of fused-ring (bicyclic) bond motifs is 2. The first-order valence-electron chi connectivity index (χ1n) is 12.1. The Hall–Kier alpha value is -2.56. The highest BCUT2D eigenvalue weighted by atomic mass is 16.7.